The van der Waals surface area contributed by atoms with Crippen LogP contribution in [0.2, 0.25) is 0 Å². The van der Waals surface area contributed by atoms with Gasteiger partial charge in [-0.15, -0.1) is 0 Å². The maximum absolute atomic E-state index is 12.5. The topological polar surface area (TPSA) is 58.1 Å². The first-order valence-electron chi connectivity index (χ1n) is 2.68. The summed E-state index contributed by atoms with van der Waals surface area (Å²) in [6, 6.07) is 0. The van der Waals surface area contributed by atoms with E-state index in [0.717, 1.165) is 5.51 Å². The summed E-state index contributed by atoms with van der Waals surface area (Å²) >= 11 is 0.705. The van der Waals surface area contributed by atoms with E-state index in [1.54, 1.807) is 0 Å². The molecule has 0 unspecified atom stereocenters. The summed E-state index contributed by atoms with van der Waals surface area (Å²) in [5.41, 5.74) is 0.181. The third-order valence-corrected chi connectivity index (χ3v) is 1.77. The van der Waals surface area contributed by atoms with Crippen LogP contribution in [-0.2, 0) is 10.7 Å². The molecule has 8 heteroatoms. The molecule has 1 heterocycles. The van der Waals surface area contributed by atoms with Crippen LogP contribution in [0.25, 0.3) is 4.98 Å². The molecule has 0 N–H and O–H groups in total. The Morgan fingerprint density at radius 2 is 2.31 bits per heavy atom. The monoisotopic (exact) mass is 427 g/mol. The van der Waals surface area contributed by atoms with Gasteiger partial charge in [0.2, 0.25) is 11.3 Å². The smallest absolute Gasteiger partial charge is 0.466 e. The molecule has 0 amide bonds. The molecule has 1 rings (SSSR count). The molecule has 13 heavy (non-hydrogen) atoms. The minimum absolute atomic E-state index is 0. The van der Waals surface area contributed by atoms with Crippen molar-refractivity contribution >= 4 is 22.6 Å². The molecule has 1 aromatic heterocycles. The molecule has 1 aromatic rings. The van der Waals surface area contributed by atoms with E-state index >= 15 is 0 Å². The summed E-state index contributed by atoms with van der Waals surface area (Å²) < 4.78 is 25.0. The number of carbonyl (C=O) groups excluding carboxylic acids is 1. The molecule has 0 saturated heterocycles. The van der Waals surface area contributed by atoms with Crippen molar-refractivity contribution in [3.8, 4) is 0 Å². The van der Waals surface area contributed by atoms with E-state index in [-0.39, 0.29) is 36.1 Å². The summed E-state index contributed by atoms with van der Waals surface area (Å²) in [4.78, 5) is 15.5. The van der Waals surface area contributed by atoms with Crippen molar-refractivity contribution in [1.29, 1.82) is 5.39 Å². The van der Waals surface area contributed by atoms with Crippen LogP contribution in [0.5, 0.6) is 0 Å². The first kappa shape index (κ1) is 12.6. The molecular formula is C5HF2N3OSU. The first-order chi connectivity index (χ1) is 5.61. The number of alkyl halides is 2. The molecule has 0 aliphatic carbocycles. The van der Waals surface area contributed by atoms with Gasteiger partial charge in [-0.05, 0) is 11.3 Å². The maximum atomic E-state index is 12.5. The number of nitrogens with zero attached hydrogens (tertiary/aromatic N) is 3. The van der Waals surface area contributed by atoms with Gasteiger partial charge >= 0.3 is 5.00 Å². The number of halogens is 2. The van der Waals surface area contributed by atoms with Gasteiger partial charge in [0, 0.05) is 31.1 Å². The molecular weight excluding hydrogens is 426 g/mol. The van der Waals surface area contributed by atoms with Gasteiger partial charge in [0.15, 0.2) is 10.7 Å². The van der Waals surface area contributed by atoms with E-state index < -0.39 is 11.6 Å². The van der Waals surface area contributed by atoms with Crippen LogP contribution in [0.1, 0.15) is 5.69 Å². The molecule has 0 saturated carbocycles. The molecule has 66 valence electrons. The molecule has 0 aromatic carbocycles. The summed E-state index contributed by atoms with van der Waals surface area (Å²) in [6.45, 7) is 0. The van der Waals surface area contributed by atoms with Crippen LogP contribution in [-0.4, -0.2) is 11.3 Å². The largest absolute Gasteiger partial charge is 0.536 e. The minimum atomic E-state index is -3.80. The third kappa shape index (κ3) is 2.54. The SMILES string of the molecule is N#[N+]c1scnc1C(F)(F)[C-]=O.[U]. The summed E-state index contributed by atoms with van der Waals surface area (Å²) in [5, 5.41) is 7.81. The fourth-order valence-electron chi connectivity index (χ4n) is 0.575. The van der Waals surface area contributed by atoms with Crippen LogP contribution in [0.15, 0.2) is 5.51 Å². The van der Waals surface area contributed by atoms with Crippen molar-refractivity contribution in [2.75, 3.05) is 0 Å². The summed E-state index contributed by atoms with van der Waals surface area (Å²) in [7, 11) is 0. The van der Waals surface area contributed by atoms with E-state index in [0.29, 0.717) is 17.6 Å². The van der Waals surface area contributed by atoms with Crippen molar-refractivity contribution in [1.82, 2.24) is 4.98 Å². The fraction of sp³-hybridized carbons (Fsp3) is 0.200. The number of thiazole rings is 1. The Hall–Kier alpha value is -0.368. The van der Waals surface area contributed by atoms with Gasteiger partial charge in [0.05, 0.1) is 5.51 Å². The van der Waals surface area contributed by atoms with Gasteiger partial charge in [-0.3, -0.25) is 0 Å². The predicted molar refractivity (Wildman–Crippen MR) is 36.4 cm³/mol. The average molecular weight is 427 g/mol. The Morgan fingerprint density at radius 3 is 2.77 bits per heavy atom. The zero-order valence-corrected chi connectivity index (χ0v) is 11.0. The summed E-state index contributed by atoms with van der Waals surface area (Å²) in [6.07, 6.45) is 0.508. The average Bonchev–Trinajstić information content (AvgIpc) is 2.52. The second kappa shape index (κ2) is 4.75. The van der Waals surface area contributed by atoms with E-state index in [1.165, 1.54) is 0 Å². The van der Waals surface area contributed by atoms with E-state index in [1.807, 2.05) is 0 Å². The van der Waals surface area contributed by atoms with Gasteiger partial charge < -0.3 is 4.79 Å². The number of rotatable bonds is 2. The second-order valence-corrected chi connectivity index (χ2v) is 2.62. The number of aromatic nitrogens is 1. The molecule has 0 atom stereocenters. The van der Waals surface area contributed by atoms with Crippen LogP contribution in [0.3, 0.4) is 0 Å². The molecule has 0 radical (unpaired) electrons. The Labute approximate surface area is 99.4 Å². The fourth-order valence-corrected chi connectivity index (χ4v) is 1.17. The Bertz CT molecular complexity index is 348. The number of diazo groups is 1. The quantitative estimate of drug-likeness (QED) is 0.535. The van der Waals surface area contributed by atoms with Gasteiger partial charge in [0.1, 0.15) is 0 Å². The molecule has 0 bridgehead atoms. The van der Waals surface area contributed by atoms with Crippen LogP contribution in [0, 0.1) is 36.5 Å². The maximum Gasteiger partial charge on any atom is 0.466 e. The zero-order chi connectivity index (χ0) is 9.19. The van der Waals surface area contributed by atoms with E-state index in [4.69, 9.17) is 5.39 Å². The summed E-state index contributed by atoms with van der Waals surface area (Å²) in [5.74, 6) is -3.80. The Kier molecular flexibility index (Phi) is 4.62. The van der Waals surface area contributed by atoms with Crippen molar-refractivity contribution < 1.29 is 44.7 Å². The van der Waals surface area contributed by atoms with Crippen molar-refractivity contribution in [2.45, 2.75) is 5.92 Å². The van der Waals surface area contributed by atoms with Crippen LogP contribution in [0.4, 0.5) is 13.8 Å². The van der Waals surface area contributed by atoms with Gasteiger partial charge in [0.25, 0.3) is 0 Å². The van der Waals surface area contributed by atoms with Gasteiger partial charge in [-0.1, -0.05) is 0 Å². The molecule has 0 spiro atoms. The zero-order valence-electron chi connectivity index (χ0n) is 5.99. The molecule has 0 fully saturated rings. The van der Waals surface area contributed by atoms with E-state index in [2.05, 4.69) is 9.96 Å². The Morgan fingerprint density at radius 1 is 1.69 bits per heavy atom. The molecule has 0 aliphatic heterocycles. The van der Waals surface area contributed by atoms with Gasteiger partial charge in [-0.2, -0.15) is 6.29 Å². The normalized spacial score (nSPS) is 9.92. The standard InChI is InChI=1S/C5HF2N3OS.U/c6-5(7,1-11)3-4(10-8)12-2-9-3;/h2H;. The Balaban J connectivity index is 0.00000144. The van der Waals surface area contributed by atoms with Crippen molar-refractivity contribution in [3.05, 3.63) is 16.2 Å². The van der Waals surface area contributed by atoms with Crippen molar-refractivity contribution in [2.24, 2.45) is 0 Å². The first-order valence-corrected chi connectivity index (χ1v) is 3.56. The second-order valence-electron chi connectivity index (χ2n) is 1.78. The molecule has 0 aliphatic rings. The van der Waals surface area contributed by atoms with Crippen LogP contribution < -0.4 is 0 Å². The van der Waals surface area contributed by atoms with Crippen molar-refractivity contribution in [3.63, 3.8) is 0 Å². The van der Waals surface area contributed by atoms with Gasteiger partial charge in [-0.25, -0.2) is 13.8 Å². The number of hydrogen-bond acceptors (Lipinski definition) is 4. The minimum Gasteiger partial charge on any atom is -0.536 e. The third-order valence-electron chi connectivity index (χ3n) is 1.07. The molecule has 4 nitrogen and oxygen atoms in total. The van der Waals surface area contributed by atoms with Crippen LogP contribution >= 0.6 is 11.3 Å². The van der Waals surface area contributed by atoms with E-state index in [9.17, 15) is 13.6 Å². The predicted octanol–water partition coefficient (Wildman–Crippen LogP) is 1.83. The number of hydrogen-bond donors (Lipinski definition) is 0.